The van der Waals surface area contributed by atoms with E-state index in [4.69, 9.17) is 0 Å². The van der Waals surface area contributed by atoms with E-state index in [1.54, 1.807) is 4.52 Å². The quantitative estimate of drug-likeness (QED) is 0.706. The number of hydrogen-bond donors (Lipinski definition) is 1. The number of aliphatic hydroxyl groups is 1. The minimum atomic E-state index is -4.78. The van der Waals surface area contributed by atoms with Crippen LogP contribution >= 0.6 is 0 Å². The highest BCUT2D eigenvalue weighted by Crippen LogP contribution is 2.36. The molecular weight excluding hydrogens is 355 g/mol. The summed E-state index contributed by atoms with van der Waals surface area (Å²) in [6.45, 7) is 7.67. The molecule has 0 saturated carbocycles. The largest absolute Gasteiger partial charge is 0.420 e. The van der Waals surface area contributed by atoms with Gasteiger partial charge in [-0.05, 0) is 49.9 Å². The molecule has 27 heavy (non-hydrogen) atoms. The molecule has 1 unspecified atom stereocenters. The number of aryl methyl sites for hydroxylation is 4. The number of nitrogens with zero attached hydrogens (tertiary/aromatic N) is 3. The molecule has 0 amide bonds. The van der Waals surface area contributed by atoms with Crippen molar-refractivity contribution in [1.29, 1.82) is 0 Å². The molecule has 3 aromatic rings. The molecule has 0 bridgehead atoms. The van der Waals surface area contributed by atoms with Crippen molar-refractivity contribution in [2.75, 3.05) is 0 Å². The first-order chi connectivity index (χ1) is 12.6. The number of benzene rings is 1. The monoisotopic (exact) mass is 377 g/mol. The van der Waals surface area contributed by atoms with Gasteiger partial charge in [0.25, 0.3) is 0 Å². The van der Waals surface area contributed by atoms with Gasteiger partial charge in [-0.25, -0.2) is 9.50 Å². The highest BCUT2D eigenvalue weighted by atomic mass is 19.4. The summed E-state index contributed by atoms with van der Waals surface area (Å²) < 4.78 is 40.9. The summed E-state index contributed by atoms with van der Waals surface area (Å²) in [5.74, 6) is 0. The third-order valence-corrected chi connectivity index (χ3v) is 4.69. The smallest absolute Gasteiger partial charge is 0.378 e. The standard InChI is InChI=1S/C20H22F3N3O/c1-5-7-14-10-15(18(27)20(21,22)23)24-19-17(13(4)25-26(14)19)16-11(2)8-6-9-12(16)3/h6,8-10,18,27H,5,7H2,1-4H3. The molecule has 4 nitrogen and oxygen atoms in total. The zero-order valence-corrected chi connectivity index (χ0v) is 15.7. The van der Waals surface area contributed by atoms with Gasteiger partial charge in [0.1, 0.15) is 0 Å². The molecule has 7 heteroatoms. The number of fused-ring (bicyclic) bond motifs is 1. The first kappa shape index (κ1) is 19.4. The van der Waals surface area contributed by atoms with Gasteiger partial charge in [-0.3, -0.25) is 0 Å². The van der Waals surface area contributed by atoms with E-state index in [-0.39, 0.29) is 0 Å². The van der Waals surface area contributed by atoms with Gasteiger partial charge in [0.15, 0.2) is 11.8 Å². The Morgan fingerprint density at radius 1 is 1.11 bits per heavy atom. The van der Waals surface area contributed by atoms with Gasteiger partial charge in [0, 0.05) is 5.69 Å². The summed E-state index contributed by atoms with van der Waals surface area (Å²) in [4.78, 5) is 4.19. The van der Waals surface area contributed by atoms with E-state index in [1.165, 1.54) is 6.07 Å². The molecular formula is C20H22F3N3O. The average Bonchev–Trinajstić information content (AvgIpc) is 2.90. The predicted octanol–water partition coefficient (Wildman–Crippen LogP) is 4.87. The molecule has 2 aromatic heterocycles. The molecule has 144 valence electrons. The maximum absolute atomic E-state index is 13.1. The van der Waals surface area contributed by atoms with Crippen molar-refractivity contribution < 1.29 is 18.3 Å². The topological polar surface area (TPSA) is 50.4 Å². The van der Waals surface area contributed by atoms with Crippen molar-refractivity contribution >= 4 is 5.65 Å². The Bertz CT molecular complexity index is 972. The molecule has 0 saturated heterocycles. The number of rotatable bonds is 4. The molecule has 1 atom stereocenters. The zero-order valence-electron chi connectivity index (χ0n) is 15.7. The molecule has 2 heterocycles. The van der Waals surface area contributed by atoms with Crippen LogP contribution in [0.5, 0.6) is 0 Å². The number of halogens is 3. The van der Waals surface area contributed by atoms with E-state index >= 15 is 0 Å². The second kappa shape index (κ2) is 6.96. The van der Waals surface area contributed by atoms with Crippen molar-refractivity contribution in [2.45, 2.75) is 52.8 Å². The van der Waals surface area contributed by atoms with Gasteiger partial charge in [-0.15, -0.1) is 0 Å². The van der Waals surface area contributed by atoms with E-state index in [9.17, 15) is 18.3 Å². The molecule has 3 rings (SSSR count). The van der Waals surface area contributed by atoms with E-state index in [0.29, 0.717) is 29.0 Å². The van der Waals surface area contributed by atoms with Gasteiger partial charge in [0.05, 0.1) is 17.0 Å². The maximum Gasteiger partial charge on any atom is 0.420 e. The lowest BCUT2D eigenvalue weighted by atomic mass is 9.96. The van der Waals surface area contributed by atoms with Gasteiger partial charge < -0.3 is 5.11 Å². The maximum atomic E-state index is 13.1. The lowest BCUT2D eigenvalue weighted by Gasteiger charge is -2.16. The first-order valence-corrected chi connectivity index (χ1v) is 8.85. The van der Waals surface area contributed by atoms with Crippen molar-refractivity contribution in [3.05, 3.63) is 52.5 Å². The van der Waals surface area contributed by atoms with Crippen LogP contribution in [0.2, 0.25) is 0 Å². The molecule has 0 aliphatic carbocycles. The minimum Gasteiger partial charge on any atom is -0.378 e. The van der Waals surface area contributed by atoms with Crippen LogP contribution in [0.25, 0.3) is 16.8 Å². The fourth-order valence-corrected chi connectivity index (χ4v) is 3.45. The number of alkyl halides is 3. The van der Waals surface area contributed by atoms with Crippen molar-refractivity contribution in [2.24, 2.45) is 0 Å². The van der Waals surface area contributed by atoms with E-state index < -0.39 is 18.0 Å². The average molecular weight is 377 g/mol. The van der Waals surface area contributed by atoms with Crippen LogP contribution in [0.4, 0.5) is 13.2 Å². The third kappa shape index (κ3) is 3.43. The summed E-state index contributed by atoms with van der Waals surface area (Å²) in [5, 5.41) is 14.3. The van der Waals surface area contributed by atoms with Crippen LogP contribution in [0.3, 0.4) is 0 Å². The van der Waals surface area contributed by atoms with Gasteiger partial charge >= 0.3 is 6.18 Å². The molecule has 1 aromatic carbocycles. The lowest BCUT2D eigenvalue weighted by Crippen LogP contribution is -2.22. The van der Waals surface area contributed by atoms with Crippen LogP contribution < -0.4 is 0 Å². The first-order valence-electron chi connectivity index (χ1n) is 8.85. The molecule has 0 radical (unpaired) electrons. The van der Waals surface area contributed by atoms with E-state index in [0.717, 1.165) is 23.1 Å². The predicted molar refractivity (Wildman–Crippen MR) is 97.6 cm³/mol. The van der Waals surface area contributed by atoms with Gasteiger partial charge in [-0.2, -0.15) is 18.3 Å². The zero-order chi connectivity index (χ0) is 19.9. The van der Waals surface area contributed by atoms with Crippen LogP contribution in [-0.4, -0.2) is 25.9 Å². The molecule has 0 fully saturated rings. The van der Waals surface area contributed by atoms with E-state index in [2.05, 4.69) is 10.1 Å². The van der Waals surface area contributed by atoms with Crippen molar-refractivity contribution in [3.63, 3.8) is 0 Å². The van der Waals surface area contributed by atoms with Crippen LogP contribution in [0, 0.1) is 20.8 Å². The number of aromatic nitrogens is 3. The lowest BCUT2D eigenvalue weighted by molar-refractivity contribution is -0.207. The van der Waals surface area contributed by atoms with Crippen LogP contribution in [0.15, 0.2) is 24.3 Å². The second-order valence-electron chi connectivity index (χ2n) is 6.83. The Morgan fingerprint density at radius 3 is 2.30 bits per heavy atom. The summed E-state index contributed by atoms with van der Waals surface area (Å²) in [7, 11) is 0. The Morgan fingerprint density at radius 2 is 1.74 bits per heavy atom. The normalized spacial score (nSPS) is 13.3. The molecule has 1 N–H and O–H groups in total. The Labute approximate surface area is 155 Å². The highest BCUT2D eigenvalue weighted by Gasteiger charge is 2.41. The fourth-order valence-electron chi connectivity index (χ4n) is 3.45. The molecule has 0 aliphatic heterocycles. The van der Waals surface area contributed by atoms with Crippen LogP contribution in [-0.2, 0) is 6.42 Å². The Balaban J connectivity index is 2.36. The SMILES string of the molecule is CCCc1cc(C(O)C(F)(F)F)nc2c(-c3c(C)cccc3C)c(C)nn12. The number of aliphatic hydroxyl groups excluding tert-OH is 1. The fraction of sp³-hybridized carbons (Fsp3) is 0.400. The Hall–Kier alpha value is -2.41. The van der Waals surface area contributed by atoms with Crippen LogP contribution in [0.1, 0.15) is 47.7 Å². The van der Waals surface area contributed by atoms with Crippen molar-refractivity contribution in [1.82, 2.24) is 14.6 Å². The highest BCUT2D eigenvalue weighted by molar-refractivity contribution is 5.84. The van der Waals surface area contributed by atoms with Crippen molar-refractivity contribution in [3.8, 4) is 11.1 Å². The van der Waals surface area contributed by atoms with Gasteiger partial charge in [0.2, 0.25) is 0 Å². The second-order valence-corrected chi connectivity index (χ2v) is 6.83. The summed E-state index contributed by atoms with van der Waals surface area (Å²) in [6.07, 6.45) is -6.13. The third-order valence-electron chi connectivity index (χ3n) is 4.69. The molecule has 0 aliphatic rings. The molecule has 0 spiro atoms. The Kier molecular flexibility index (Phi) is 4.99. The summed E-state index contributed by atoms with van der Waals surface area (Å²) >= 11 is 0. The number of hydrogen-bond acceptors (Lipinski definition) is 3. The van der Waals surface area contributed by atoms with E-state index in [1.807, 2.05) is 45.9 Å². The summed E-state index contributed by atoms with van der Waals surface area (Å²) in [5.41, 5.74) is 4.84. The van der Waals surface area contributed by atoms with Gasteiger partial charge in [-0.1, -0.05) is 31.5 Å². The minimum absolute atomic E-state index is 0.342. The summed E-state index contributed by atoms with van der Waals surface area (Å²) in [6, 6.07) is 7.14.